The first-order chi connectivity index (χ1) is 11.6. The van der Waals surface area contributed by atoms with E-state index in [1.807, 2.05) is 0 Å². The second kappa shape index (κ2) is 7.67. The van der Waals surface area contributed by atoms with E-state index in [1.165, 1.54) is 12.3 Å². The summed E-state index contributed by atoms with van der Waals surface area (Å²) in [5, 5.41) is 2.73. The third kappa shape index (κ3) is 4.07. The van der Waals surface area contributed by atoms with Gasteiger partial charge in [0.1, 0.15) is 0 Å². The normalized spacial score (nSPS) is 22.0. The Morgan fingerprint density at radius 3 is 2.92 bits per heavy atom. The fourth-order valence-electron chi connectivity index (χ4n) is 2.99. The van der Waals surface area contributed by atoms with Crippen molar-refractivity contribution in [1.29, 1.82) is 0 Å². The molecular weight excluding hydrogens is 315 g/mol. The molecule has 2 aliphatic heterocycles. The molecule has 1 unspecified atom stereocenters. The number of hydrogen-bond acceptors (Lipinski definition) is 5. The first kappa shape index (κ1) is 16.8. The van der Waals surface area contributed by atoms with Crippen molar-refractivity contribution in [2.45, 2.75) is 12.5 Å². The molecule has 7 nitrogen and oxygen atoms in total. The van der Waals surface area contributed by atoms with E-state index in [2.05, 4.69) is 15.2 Å². The van der Waals surface area contributed by atoms with E-state index < -0.39 is 11.7 Å². The molecule has 0 spiro atoms. The predicted octanol–water partition coefficient (Wildman–Crippen LogP) is -0.116. The third-order valence-electron chi connectivity index (χ3n) is 4.36. The lowest BCUT2D eigenvalue weighted by Crippen LogP contribution is -2.43. The fourth-order valence-corrected chi connectivity index (χ4v) is 2.99. The molecule has 8 heteroatoms. The number of morpholine rings is 1. The number of likely N-dealkylation sites (tertiary alicyclic amines) is 1. The van der Waals surface area contributed by atoms with Gasteiger partial charge < -0.3 is 15.0 Å². The quantitative estimate of drug-likeness (QED) is 0.812. The van der Waals surface area contributed by atoms with Crippen molar-refractivity contribution in [3.63, 3.8) is 0 Å². The first-order valence-corrected chi connectivity index (χ1v) is 8.12. The molecule has 24 heavy (non-hydrogen) atoms. The number of hydrogen-bond donors (Lipinski definition) is 1. The Morgan fingerprint density at radius 2 is 2.17 bits per heavy atom. The van der Waals surface area contributed by atoms with Crippen molar-refractivity contribution >= 4 is 11.8 Å². The van der Waals surface area contributed by atoms with Crippen molar-refractivity contribution in [2.75, 3.05) is 45.9 Å². The van der Waals surface area contributed by atoms with Crippen molar-refractivity contribution in [2.24, 2.45) is 0 Å². The van der Waals surface area contributed by atoms with E-state index in [0.29, 0.717) is 13.1 Å². The number of halogens is 1. The summed E-state index contributed by atoms with van der Waals surface area (Å²) in [7, 11) is 0. The molecular formula is C16H21FN4O3. The van der Waals surface area contributed by atoms with Gasteiger partial charge in [0.25, 0.3) is 5.91 Å². The Morgan fingerprint density at radius 1 is 1.38 bits per heavy atom. The zero-order valence-electron chi connectivity index (χ0n) is 13.4. The zero-order chi connectivity index (χ0) is 16.9. The van der Waals surface area contributed by atoms with Gasteiger partial charge in [-0.15, -0.1) is 0 Å². The van der Waals surface area contributed by atoms with Crippen LogP contribution in [0, 0.1) is 5.82 Å². The van der Waals surface area contributed by atoms with Crippen molar-refractivity contribution in [1.82, 2.24) is 20.1 Å². The largest absolute Gasteiger partial charge is 0.379 e. The summed E-state index contributed by atoms with van der Waals surface area (Å²) in [5.41, 5.74) is -0.0517. The molecule has 1 aromatic rings. The van der Waals surface area contributed by atoms with Crippen molar-refractivity contribution in [3.8, 4) is 0 Å². The van der Waals surface area contributed by atoms with Gasteiger partial charge in [-0.3, -0.25) is 19.5 Å². The molecule has 2 fully saturated rings. The summed E-state index contributed by atoms with van der Waals surface area (Å²) in [6, 6.07) is 1.04. The highest BCUT2D eigenvalue weighted by atomic mass is 19.1. The van der Waals surface area contributed by atoms with E-state index in [-0.39, 0.29) is 23.9 Å². The van der Waals surface area contributed by atoms with Crippen molar-refractivity contribution < 1.29 is 18.7 Å². The Kier molecular flexibility index (Phi) is 5.37. The van der Waals surface area contributed by atoms with Gasteiger partial charge >= 0.3 is 0 Å². The molecule has 0 aromatic carbocycles. The minimum Gasteiger partial charge on any atom is -0.379 e. The van der Waals surface area contributed by atoms with Crippen LogP contribution in [0.25, 0.3) is 0 Å². The Balaban J connectivity index is 1.49. The van der Waals surface area contributed by atoms with Crippen LogP contribution in [0.1, 0.15) is 16.8 Å². The number of pyridine rings is 1. The van der Waals surface area contributed by atoms with E-state index >= 15 is 0 Å². The van der Waals surface area contributed by atoms with E-state index in [1.54, 1.807) is 4.90 Å². The zero-order valence-corrected chi connectivity index (χ0v) is 13.4. The van der Waals surface area contributed by atoms with E-state index in [4.69, 9.17) is 4.74 Å². The minimum atomic E-state index is -0.663. The monoisotopic (exact) mass is 336 g/mol. The van der Waals surface area contributed by atoms with Crippen LogP contribution < -0.4 is 5.32 Å². The van der Waals surface area contributed by atoms with Crippen LogP contribution in [0.4, 0.5) is 4.39 Å². The number of ether oxygens (including phenoxy) is 1. The van der Waals surface area contributed by atoms with Crippen LogP contribution in [0.3, 0.4) is 0 Å². The molecule has 130 valence electrons. The highest BCUT2D eigenvalue weighted by Crippen LogP contribution is 2.13. The number of carbonyl (C=O) groups excluding carboxylic acids is 2. The Bertz CT molecular complexity index is 607. The van der Waals surface area contributed by atoms with Gasteiger partial charge in [-0.1, -0.05) is 0 Å². The number of rotatable bonds is 5. The van der Waals surface area contributed by atoms with Crippen LogP contribution in [-0.4, -0.2) is 78.6 Å². The molecule has 0 radical (unpaired) electrons. The van der Waals surface area contributed by atoms with Gasteiger partial charge in [-0.25, -0.2) is 4.39 Å². The van der Waals surface area contributed by atoms with Crippen LogP contribution in [0.5, 0.6) is 0 Å². The van der Waals surface area contributed by atoms with Crippen LogP contribution in [0.2, 0.25) is 0 Å². The van der Waals surface area contributed by atoms with Crippen LogP contribution in [0.15, 0.2) is 18.5 Å². The molecule has 0 bridgehead atoms. The lowest BCUT2D eigenvalue weighted by atomic mass is 10.2. The summed E-state index contributed by atoms with van der Waals surface area (Å²) in [6.07, 6.45) is 2.62. The van der Waals surface area contributed by atoms with Gasteiger partial charge in [-0.05, 0) is 6.07 Å². The maximum absolute atomic E-state index is 13.6. The summed E-state index contributed by atoms with van der Waals surface area (Å²) in [6.45, 7) is 5.10. The SMILES string of the molecule is O=C(NC1CC(=O)N(CCN2CCOCC2)C1)c1ccncc1F. The summed E-state index contributed by atoms with van der Waals surface area (Å²) >= 11 is 0. The average molecular weight is 336 g/mol. The maximum atomic E-state index is 13.6. The molecule has 1 atom stereocenters. The average Bonchev–Trinajstić information content (AvgIpc) is 2.93. The fraction of sp³-hybridized carbons (Fsp3) is 0.562. The topological polar surface area (TPSA) is 74.8 Å². The lowest BCUT2D eigenvalue weighted by molar-refractivity contribution is -0.128. The molecule has 0 aliphatic carbocycles. The smallest absolute Gasteiger partial charge is 0.254 e. The van der Waals surface area contributed by atoms with Gasteiger partial charge in [0.15, 0.2) is 5.82 Å². The van der Waals surface area contributed by atoms with Gasteiger partial charge in [0.2, 0.25) is 5.91 Å². The molecule has 1 N–H and O–H groups in total. The number of aromatic nitrogens is 1. The van der Waals surface area contributed by atoms with Crippen LogP contribution in [-0.2, 0) is 9.53 Å². The summed E-state index contributed by atoms with van der Waals surface area (Å²) in [5.74, 6) is -1.16. The number of carbonyl (C=O) groups is 2. The van der Waals surface area contributed by atoms with E-state index in [0.717, 1.165) is 39.0 Å². The third-order valence-corrected chi connectivity index (χ3v) is 4.36. The van der Waals surface area contributed by atoms with Crippen LogP contribution >= 0.6 is 0 Å². The Hall–Kier alpha value is -2.06. The standard InChI is InChI=1S/C16H21FN4O3/c17-14-10-18-2-1-13(14)16(23)19-12-9-15(22)21(11-12)4-3-20-5-7-24-8-6-20/h1-2,10,12H,3-9,11H2,(H,19,23). The molecule has 1 aromatic heterocycles. The second-order valence-electron chi connectivity index (χ2n) is 6.02. The Labute approximate surface area is 139 Å². The van der Waals surface area contributed by atoms with E-state index in [9.17, 15) is 14.0 Å². The molecule has 2 saturated heterocycles. The summed E-state index contributed by atoms with van der Waals surface area (Å²) in [4.78, 5) is 31.8. The van der Waals surface area contributed by atoms with Crippen molar-refractivity contribution in [3.05, 3.63) is 29.8 Å². The lowest BCUT2D eigenvalue weighted by Gasteiger charge is -2.28. The highest BCUT2D eigenvalue weighted by molar-refractivity contribution is 5.95. The molecule has 2 amide bonds. The first-order valence-electron chi connectivity index (χ1n) is 8.12. The number of nitrogens with zero attached hydrogens (tertiary/aromatic N) is 3. The predicted molar refractivity (Wildman–Crippen MR) is 83.9 cm³/mol. The number of amides is 2. The molecule has 3 rings (SSSR count). The van der Waals surface area contributed by atoms with Gasteiger partial charge in [-0.2, -0.15) is 0 Å². The molecule has 2 aliphatic rings. The molecule has 3 heterocycles. The second-order valence-corrected chi connectivity index (χ2v) is 6.02. The maximum Gasteiger partial charge on any atom is 0.254 e. The van der Waals surface area contributed by atoms with Gasteiger partial charge in [0.05, 0.1) is 31.0 Å². The minimum absolute atomic E-state index is 0.0174. The van der Waals surface area contributed by atoms with Gasteiger partial charge in [0, 0.05) is 45.3 Å². The molecule has 0 saturated carbocycles. The highest BCUT2D eigenvalue weighted by Gasteiger charge is 2.31. The summed E-state index contributed by atoms with van der Waals surface area (Å²) < 4.78 is 18.9. The number of nitrogens with one attached hydrogen (secondary N) is 1.